The Kier molecular flexibility index (Phi) is 7.12. The summed E-state index contributed by atoms with van der Waals surface area (Å²) in [5, 5.41) is 4.82. The number of hydrogen-bond acceptors (Lipinski definition) is 7. The zero-order valence-corrected chi connectivity index (χ0v) is 23.9. The summed E-state index contributed by atoms with van der Waals surface area (Å²) >= 11 is 8.37. The Morgan fingerprint density at radius 3 is 2.62 bits per heavy atom. The van der Waals surface area contributed by atoms with E-state index in [1.165, 1.54) is 50.3 Å². The quantitative estimate of drug-likeness (QED) is 0.389. The smallest absolute Gasteiger partial charge is 0.147 e. The summed E-state index contributed by atoms with van der Waals surface area (Å²) in [4.78, 5) is 19.4. The van der Waals surface area contributed by atoms with Crippen LogP contribution in [0.25, 0.3) is 0 Å². The lowest BCUT2D eigenvalue weighted by atomic mass is 9.77. The molecule has 8 heteroatoms. The highest BCUT2D eigenvalue weighted by molar-refractivity contribution is 7.99. The van der Waals surface area contributed by atoms with Gasteiger partial charge in [-0.15, -0.1) is 0 Å². The molecule has 0 radical (unpaired) electrons. The van der Waals surface area contributed by atoms with E-state index in [0.717, 1.165) is 57.3 Å². The predicted molar refractivity (Wildman–Crippen MR) is 162 cm³/mol. The number of nitrogens with zero attached hydrogens (tertiary/aromatic N) is 5. The van der Waals surface area contributed by atoms with E-state index in [2.05, 4.69) is 23.4 Å². The van der Waals surface area contributed by atoms with Crippen LogP contribution in [0.2, 0.25) is 5.02 Å². The Hall–Kier alpha value is -3.29. The first kappa shape index (κ1) is 26.0. The van der Waals surface area contributed by atoms with Gasteiger partial charge in [0.05, 0.1) is 34.5 Å². The zero-order chi connectivity index (χ0) is 27.0. The van der Waals surface area contributed by atoms with Crippen LogP contribution in [0.4, 0.5) is 11.5 Å². The number of halogens is 1. The Balaban J connectivity index is 1.13. The van der Waals surface area contributed by atoms with Crippen molar-refractivity contribution in [3.05, 3.63) is 95.9 Å². The van der Waals surface area contributed by atoms with Gasteiger partial charge in [0.2, 0.25) is 0 Å². The Morgan fingerprint density at radius 1 is 1.08 bits per heavy atom. The third kappa shape index (κ3) is 5.18. The van der Waals surface area contributed by atoms with Crippen LogP contribution in [-0.2, 0) is 0 Å². The maximum absolute atomic E-state index is 6.86. The second kappa shape index (κ2) is 10.7. The van der Waals surface area contributed by atoms with Gasteiger partial charge in [0, 0.05) is 35.5 Å². The van der Waals surface area contributed by atoms with Gasteiger partial charge in [0.15, 0.2) is 0 Å². The second-order valence-electron chi connectivity index (χ2n) is 10.7. The molecule has 0 atom stereocenters. The number of aliphatic imine (C=N–C) groups is 1. The molecular weight excluding hydrogens is 524 g/mol. The van der Waals surface area contributed by atoms with Crippen molar-refractivity contribution in [2.24, 2.45) is 10.4 Å². The molecule has 6 nitrogen and oxygen atoms in total. The molecule has 4 aliphatic rings. The van der Waals surface area contributed by atoms with Crippen LogP contribution in [0.1, 0.15) is 45.4 Å². The molecule has 1 aromatic carbocycles. The molecule has 1 aliphatic carbocycles. The van der Waals surface area contributed by atoms with Gasteiger partial charge >= 0.3 is 0 Å². The highest BCUT2D eigenvalue weighted by atomic mass is 35.5. The molecule has 6 rings (SSSR count). The Morgan fingerprint density at radius 2 is 1.87 bits per heavy atom. The summed E-state index contributed by atoms with van der Waals surface area (Å²) < 4.78 is 0. The standard InChI is InChI=1S/C31H33ClN6S/c1-21(29-22(2)36-26-11-4-7-16-38(26)23(29)3)35-24-9-8-10-25(30(24)32)39-28-20-33-27(19-34-28)37-17-14-31(15-18-37)12-5-6-13-31/h4,7-11,16,19-20,35H,1,3,5-6,12-15,17-18H2,2H3. The van der Waals surface area contributed by atoms with E-state index in [4.69, 9.17) is 26.6 Å². The lowest BCUT2D eigenvalue weighted by Gasteiger charge is -2.39. The van der Waals surface area contributed by atoms with Crippen LogP contribution >= 0.6 is 23.4 Å². The number of amidine groups is 1. The molecule has 200 valence electrons. The topological polar surface area (TPSA) is 56.7 Å². The first-order valence-corrected chi connectivity index (χ1v) is 14.7. The van der Waals surface area contributed by atoms with Gasteiger partial charge in [-0.1, -0.05) is 61.5 Å². The van der Waals surface area contributed by atoms with Gasteiger partial charge in [-0.2, -0.15) is 0 Å². The lowest BCUT2D eigenvalue weighted by Crippen LogP contribution is -2.39. The first-order valence-electron chi connectivity index (χ1n) is 13.6. The number of rotatable bonds is 6. The number of allylic oxidation sites excluding steroid dienone is 3. The summed E-state index contributed by atoms with van der Waals surface area (Å²) in [6, 6.07) is 5.91. The summed E-state index contributed by atoms with van der Waals surface area (Å²) in [5.74, 6) is 1.81. The number of hydrogen-bond donors (Lipinski definition) is 1. The highest BCUT2D eigenvalue weighted by Crippen LogP contribution is 2.46. The van der Waals surface area contributed by atoms with E-state index < -0.39 is 0 Å². The predicted octanol–water partition coefficient (Wildman–Crippen LogP) is 7.95. The van der Waals surface area contributed by atoms with E-state index in [1.54, 1.807) is 0 Å². The normalized spacial score (nSPS) is 19.9. The molecule has 1 N–H and O–H groups in total. The molecular formula is C31H33ClN6S. The molecule has 2 aromatic rings. The summed E-state index contributed by atoms with van der Waals surface area (Å²) in [7, 11) is 0. The maximum atomic E-state index is 6.86. The number of benzene rings is 1. The molecule has 3 aliphatic heterocycles. The van der Waals surface area contributed by atoms with Crippen molar-refractivity contribution in [2.45, 2.75) is 55.4 Å². The van der Waals surface area contributed by atoms with Gasteiger partial charge < -0.3 is 15.1 Å². The Bertz CT molecular complexity index is 1420. The monoisotopic (exact) mass is 556 g/mol. The van der Waals surface area contributed by atoms with Crippen LogP contribution in [-0.4, -0.2) is 33.8 Å². The fourth-order valence-electron chi connectivity index (χ4n) is 6.09. The second-order valence-corrected chi connectivity index (χ2v) is 12.1. The van der Waals surface area contributed by atoms with E-state index in [1.807, 2.05) is 66.8 Å². The number of anilines is 2. The lowest BCUT2D eigenvalue weighted by molar-refractivity contribution is 0.226. The van der Waals surface area contributed by atoms with E-state index >= 15 is 0 Å². The largest absolute Gasteiger partial charge is 0.355 e. The minimum Gasteiger partial charge on any atom is -0.355 e. The zero-order valence-electron chi connectivity index (χ0n) is 22.3. The van der Waals surface area contributed by atoms with Crippen molar-refractivity contribution in [1.82, 2.24) is 14.9 Å². The van der Waals surface area contributed by atoms with Gasteiger partial charge in [0.25, 0.3) is 0 Å². The number of fused-ring (bicyclic) bond motifs is 1. The van der Waals surface area contributed by atoms with Crippen LogP contribution in [0.5, 0.6) is 0 Å². The van der Waals surface area contributed by atoms with Crippen LogP contribution < -0.4 is 10.2 Å². The maximum Gasteiger partial charge on any atom is 0.147 e. The fraction of sp³-hybridized carbons (Fsp3) is 0.323. The fourth-order valence-corrected chi connectivity index (χ4v) is 7.16. The van der Waals surface area contributed by atoms with E-state index in [0.29, 0.717) is 16.1 Å². The molecule has 4 heterocycles. The number of aromatic nitrogens is 2. The van der Waals surface area contributed by atoms with E-state index in [9.17, 15) is 0 Å². The van der Waals surface area contributed by atoms with Crippen molar-refractivity contribution in [1.29, 1.82) is 0 Å². The first-order chi connectivity index (χ1) is 18.9. The summed E-state index contributed by atoms with van der Waals surface area (Å²) in [6.07, 6.45) is 19.7. The van der Waals surface area contributed by atoms with Crippen LogP contribution in [0, 0.1) is 5.41 Å². The highest BCUT2D eigenvalue weighted by Gasteiger charge is 2.37. The van der Waals surface area contributed by atoms with Gasteiger partial charge in [0.1, 0.15) is 16.7 Å². The number of nitrogens with one attached hydrogen (secondary N) is 1. The minimum atomic E-state index is 0.596. The van der Waals surface area contributed by atoms with Crippen molar-refractivity contribution < 1.29 is 0 Å². The van der Waals surface area contributed by atoms with Crippen LogP contribution in [0.3, 0.4) is 0 Å². The van der Waals surface area contributed by atoms with Crippen LogP contribution in [0.15, 0.2) is 106 Å². The average Bonchev–Trinajstić information content (AvgIpc) is 3.39. The van der Waals surface area contributed by atoms with Crippen molar-refractivity contribution in [3.8, 4) is 0 Å². The van der Waals surface area contributed by atoms with Crippen molar-refractivity contribution in [2.75, 3.05) is 23.3 Å². The SMILES string of the molecule is C=C(Nc1cccc(Sc2cnc(N3CCC4(CCCC4)CC3)cn2)c1Cl)C1=C(C)N=C2C=CC=CN2C1=C. The third-order valence-electron chi connectivity index (χ3n) is 8.25. The molecule has 0 bridgehead atoms. The molecule has 1 spiro atoms. The summed E-state index contributed by atoms with van der Waals surface area (Å²) in [5.41, 5.74) is 4.59. The van der Waals surface area contributed by atoms with Gasteiger partial charge in [-0.3, -0.25) is 0 Å². The van der Waals surface area contributed by atoms with Crippen molar-refractivity contribution in [3.63, 3.8) is 0 Å². The average molecular weight is 557 g/mol. The third-order valence-corrected chi connectivity index (χ3v) is 9.75. The molecule has 0 amide bonds. The number of piperidine rings is 1. The van der Waals surface area contributed by atoms with Gasteiger partial charge in [-0.05, 0) is 62.3 Å². The van der Waals surface area contributed by atoms with E-state index in [-0.39, 0.29) is 0 Å². The molecule has 1 aromatic heterocycles. The minimum absolute atomic E-state index is 0.596. The molecule has 2 fully saturated rings. The van der Waals surface area contributed by atoms with Gasteiger partial charge in [-0.25, -0.2) is 15.0 Å². The van der Waals surface area contributed by atoms with Crippen molar-refractivity contribution >= 4 is 40.7 Å². The molecule has 1 saturated carbocycles. The Labute approximate surface area is 240 Å². The molecule has 0 unspecified atom stereocenters. The molecule has 1 saturated heterocycles. The summed E-state index contributed by atoms with van der Waals surface area (Å²) in [6.45, 7) is 12.7. The molecule has 39 heavy (non-hydrogen) atoms.